The summed E-state index contributed by atoms with van der Waals surface area (Å²) >= 11 is 0. The minimum Gasteiger partial charge on any atom is -0.481 e. The van der Waals surface area contributed by atoms with Crippen molar-refractivity contribution >= 4 is 17.8 Å². The van der Waals surface area contributed by atoms with Crippen molar-refractivity contribution in [2.45, 2.75) is 38.6 Å². The molecule has 2 aliphatic heterocycles. The Kier molecular flexibility index (Phi) is 4.82. The number of hydrogen-bond donors (Lipinski definition) is 3. The van der Waals surface area contributed by atoms with E-state index in [0.29, 0.717) is 26.1 Å². The second-order valence-electron chi connectivity index (χ2n) is 5.82. The third-order valence-electron chi connectivity index (χ3n) is 4.56. The van der Waals surface area contributed by atoms with Crippen LogP contribution in [0.5, 0.6) is 0 Å². The third kappa shape index (κ3) is 3.18. The molecule has 0 aromatic carbocycles. The number of carboxylic acid groups (broad SMARTS) is 1. The standard InChI is InChI=1S/C14H23N3O4/c1-2-14(4-3-5-15-9-14)13(21)17-7-6-16-12(20)10(17)8-11(18)19/h10,15H,2-9H2,1H3,(H,16,20)(H,18,19). The number of amides is 2. The van der Waals surface area contributed by atoms with E-state index in [0.717, 1.165) is 19.4 Å². The number of hydrogen-bond acceptors (Lipinski definition) is 4. The number of nitrogens with one attached hydrogen (secondary N) is 2. The quantitative estimate of drug-likeness (QED) is 0.654. The van der Waals surface area contributed by atoms with Gasteiger partial charge in [-0.15, -0.1) is 0 Å². The molecule has 0 aliphatic carbocycles. The summed E-state index contributed by atoms with van der Waals surface area (Å²) in [7, 11) is 0. The highest BCUT2D eigenvalue weighted by atomic mass is 16.4. The second kappa shape index (κ2) is 6.43. The lowest BCUT2D eigenvalue weighted by Gasteiger charge is -2.43. The molecule has 2 atom stereocenters. The molecule has 0 radical (unpaired) electrons. The maximum absolute atomic E-state index is 13.0. The fourth-order valence-electron chi connectivity index (χ4n) is 3.23. The van der Waals surface area contributed by atoms with Gasteiger partial charge in [-0.05, 0) is 25.8 Å². The molecule has 3 N–H and O–H groups in total. The van der Waals surface area contributed by atoms with Crippen LogP contribution in [0.15, 0.2) is 0 Å². The van der Waals surface area contributed by atoms with Gasteiger partial charge in [-0.1, -0.05) is 6.92 Å². The van der Waals surface area contributed by atoms with Gasteiger partial charge in [0, 0.05) is 19.6 Å². The average Bonchev–Trinajstić information content (AvgIpc) is 2.49. The van der Waals surface area contributed by atoms with Crippen LogP contribution in [0.3, 0.4) is 0 Å². The predicted octanol–water partition coefficient (Wildman–Crippen LogP) is -0.432. The van der Waals surface area contributed by atoms with Crippen molar-refractivity contribution in [2.75, 3.05) is 26.2 Å². The molecule has 7 heteroatoms. The van der Waals surface area contributed by atoms with E-state index in [1.54, 1.807) is 0 Å². The van der Waals surface area contributed by atoms with Gasteiger partial charge < -0.3 is 20.6 Å². The van der Waals surface area contributed by atoms with Crippen molar-refractivity contribution in [3.05, 3.63) is 0 Å². The van der Waals surface area contributed by atoms with Gasteiger partial charge in [-0.25, -0.2) is 0 Å². The molecular formula is C14H23N3O4. The number of carbonyl (C=O) groups excluding carboxylic acids is 2. The first-order valence-corrected chi connectivity index (χ1v) is 7.51. The fourth-order valence-corrected chi connectivity index (χ4v) is 3.23. The lowest BCUT2D eigenvalue weighted by Crippen LogP contribution is -2.62. The first-order chi connectivity index (χ1) is 10.00. The van der Waals surface area contributed by atoms with Crippen LogP contribution in [0, 0.1) is 5.41 Å². The zero-order valence-corrected chi connectivity index (χ0v) is 12.4. The van der Waals surface area contributed by atoms with Crippen LogP contribution in [0.25, 0.3) is 0 Å². The van der Waals surface area contributed by atoms with E-state index in [2.05, 4.69) is 10.6 Å². The molecule has 2 fully saturated rings. The van der Waals surface area contributed by atoms with E-state index >= 15 is 0 Å². The van der Waals surface area contributed by atoms with Gasteiger partial charge in [0.05, 0.1) is 11.8 Å². The van der Waals surface area contributed by atoms with Crippen molar-refractivity contribution in [3.8, 4) is 0 Å². The smallest absolute Gasteiger partial charge is 0.305 e. The molecule has 2 unspecified atom stereocenters. The molecule has 2 aliphatic rings. The number of rotatable bonds is 4. The van der Waals surface area contributed by atoms with Gasteiger partial charge in [0.15, 0.2) is 0 Å². The maximum atomic E-state index is 13.0. The summed E-state index contributed by atoms with van der Waals surface area (Å²) in [5.41, 5.74) is -0.507. The van der Waals surface area contributed by atoms with Crippen LogP contribution in [0.4, 0.5) is 0 Å². The normalized spacial score (nSPS) is 29.9. The van der Waals surface area contributed by atoms with Crippen LogP contribution in [0.2, 0.25) is 0 Å². The molecule has 0 bridgehead atoms. The Hall–Kier alpha value is -1.63. The Morgan fingerprint density at radius 2 is 2.19 bits per heavy atom. The zero-order chi connectivity index (χ0) is 15.5. The summed E-state index contributed by atoms with van der Waals surface area (Å²) in [4.78, 5) is 37.3. The van der Waals surface area contributed by atoms with Gasteiger partial charge in [0.2, 0.25) is 11.8 Å². The van der Waals surface area contributed by atoms with Gasteiger partial charge in [0.25, 0.3) is 0 Å². The number of piperidine rings is 1. The van der Waals surface area contributed by atoms with Crippen molar-refractivity contribution in [3.63, 3.8) is 0 Å². The molecule has 2 amide bonds. The Morgan fingerprint density at radius 1 is 1.43 bits per heavy atom. The van der Waals surface area contributed by atoms with Crippen LogP contribution in [0.1, 0.15) is 32.6 Å². The lowest BCUT2D eigenvalue weighted by atomic mass is 9.76. The van der Waals surface area contributed by atoms with Crippen LogP contribution in [-0.2, 0) is 14.4 Å². The third-order valence-corrected chi connectivity index (χ3v) is 4.56. The topological polar surface area (TPSA) is 98.7 Å². The van der Waals surface area contributed by atoms with E-state index in [1.807, 2.05) is 6.92 Å². The molecule has 118 valence electrons. The summed E-state index contributed by atoms with van der Waals surface area (Å²) in [6.45, 7) is 4.23. The first kappa shape index (κ1) is 15.8. The number of piperazine rings is 1. The first-order valence-electron chi connectivity index (χ1n) is 7.51. The van der Waals surface area contributed by atoms with Gasteiger partial charge in [-0.2, -0.15) is 0 Å². The highest BCUT2D eigenvalue weighted by Gasteiger charge is 2.45. The molecule has 21 heavy (non-hydrogen) atoms. The van der Waals surface area contributed by atoms with E-state index < -0.39 is 17.4 Å². The summed E-state index contributed by atoms with van der Waals surface area (Å²) in [6.07, 6.45) is 2.05. The van der Waals surface area contributed by atoms with Crippen molar-refractivity contribution in [1.82, 2.24) is 15.5 Å². The Morgan fingerprint density at radius 3 is 2.76 bits per heavy atom. The monoisotopic (exact) mass is 297 g/mol. The zero-order valence-electron chi connectivity index (χ0n) is 12.4. The molecule has 0 saturated carbocycles. The number of carbonyl (C=O) groups is 3. The van der Waals surface area contributed by atoms with Gasteiger partial charge in [0.1, 0.15) is 6.04 Å². The fraction of sp³-hybridized carbons (Fsp3) is 0.786. The summed E-state index contributed by atoms with van der Waals surface area (Å²) < 4.78 is 0. The van der Waals surface area contributed by atoms with Gasteiger partial charge in [-0.3, -0.25) is 14.4 Å². The largest absolute Gasteiger partial charge is 0.481 e. The molecule has 0 spiro atoms. The van der Waals surface area contributed by atoms with Crippen molar-refractivity contribution in [2.24, 2.45) is 5.41 Å². The average molecular weight is 297 g/mol. The molecular weight excluding hydrogens is 274 g/mol. The van der Waals surface area contributed by atoms with Crippen LogP contribution in [-0.4, -0.2) is 60.0 Å². The van der Waals surface area contributed by atoms with E-state index in [-0.39, 0.29) is 18.2 Å². The Labute approximate surface area is 124 Å². The molecule has 2 heterocycles. The van der Waals surface area contributed by atoms with Crippen molar-refractivity contribution in [1.29, 1.82) is 0 Å². The SMILES string of the molecule is CCC1(C(=O)N2CCNC(=O)C2CC(=O)O)CCCNC1. The predicted molar refractivity (Wildman–Crippen MR) is 75.6 cm³/mol. The lowest BCUT2D eigenvalue weighted by molar-refractivity contribution is -0.155. The highest BCUT2D eigenvalue weighted by molar-refractivity contribution is 5.93. The highest BCUT2D eigenvalue weighted by Crippen LogP contribution is 2.33. The Bertz CT molecular complexity index is 432. The number of nitrogens with zero attached hydrogens (tertiary/aromatic N) is 1. The van der Waals surface area contributed by atoms with Gasteiger partial charge >= 0.3 is 5.97 Å². The van der Waals surface area contributed by atoms with E-state index in [9.17, 15) is 14.4 Å². The number of aliphatic carboxylic acids is 1. The van der Waals surface area contributed by atoms with E-state index in [1.165, 1.54) is 4.90 Å². The molecule has 0 aromatic rings. The number of carboxylic acids is 1. The summed E-state index contributed by atoms with van der Waals surface area (Å²) in [5.74, 6) is -1.52. The van der Waals surface area contributed by atoms with Crippen LogP contribution < -0.4 is 10.6 Å². The second-order valence-corrected chi connectivity index (χ2v) is 5.82. The molecule has 2 rings (SSSR count). The van der Waals surface area contributed by atoms with Crippen LogP contribution >= 0.6 is 0 Å². The van der Waals surface area contributed by atoms with Crippen molar-refractivity contribution < 1.29 is 19.5 Å². The minimum absolute atomic E-state index is 0.0849. The molecule has 2 saturated heterocycles. The summed E-state index contributed by atoms with van der Waals surface area (Å²) in [5, 5.41) is 14.9. The van der Waals surface area contributed by atoms with E-state index in [4.69, 9.17) is 5.11 Å². The Balaban J connectivity index is 2.21. The minimum atomic E-state index is -1.07. The summed E-state index contributed by atoms with van der Waals surface area (Å²) in [6, 6.07) is -0.894. The molecule has 7 nitrogen and oxygen atoms in total. The maximum Gasteiger partial charge on any atom is 0.305 e. The molecule has 0 aromatic heterocycles.